The molecule has 0 amide bonds. The number of ketones is 1. The predicted octanol–water partition coefficient (Wildman–Crippen LogP) is 2.40. The van der Waals surface area contributed by atoms with Gasteiger partial charge in [0.2, 0.25) is 0 Å². The van der Waals surface area contributed by atoms with Crippen molar-refractivity contribution in [2.75, 3.05) is 0 Å². The van der Waals surface area contributed by atoms with Crippen molar-refractivity contribution in [1.29, 1.82) is 0 Å². The van der Waals surface area contributed by atoms with Crippen molar-refractivity contribution in [3.8, 4) is 0 Å². The van der Waals surface area contributed by atoms with Gasteiger partial charge in [0.15, 0.2) is 5.78 Å². The van der Waals surface area contributed by atoms with Gasteiger partial charge in [-0.25, -0.2) is 0 Å². The summed E-state index contributed by atoms with van der Waals surface area (Å²) in [4.78, 5) is 14.4. The van der Waals surface area contributed by atoms with Crippen LogP contribution in [0.2, 0.25) is 0 Å². The van der Waals surface area contributed by atoms with Gasteiger partial charge in [-0.15, -0.1) is 0 Å². The molecule has 0 aromatic carbocycles. The maximum atomic E-state index is 11.2. The second-order valence-corrected chi connectivity index (χ2v) is 3.14. The summed E-state index contributed by atoms with van der Waals surface area (Å²) in [6, 6.07) is 0. The van der Waals surface area contributed by atoms with Crippen LogP contribution in [0.15, 0.2) is 0 Å². The molecule has 1 N–H and O–H groups in total. The number of carbonyl (C=O) groups is 1. The molecular formula is C10H15NO. The Bertz CT molecular complexity index is 310. The number of hydrogen-bond acceptors (Lipinski definition) is 1. The van der Waals surface area contributed by atoms with Crippen molar-refractivity contribution in [1.82, 2.24) is 4.98 Å². The molecule has 1 heterocycles. The average molecular weight is 165 g/mol. The average Bonchev–Trinajstić information content (AvgIpc) is 2.24. The van der Waals surface area contributed by atoms with Crippen molar-refractivity contribution < 1.29 is 4.79 Å². The lowest BCUT2D eigenvalue weighted by Crippen LogP contribution is -1.97. The van der Waals surface area contributed by atoms with Crippen LogP contribution in [0.5, 0.6) is 0 Å². The SMILES string of the molecule is CCc1c(C)[nH]c(C)c1C(C)=O. The van der Waals surface area contributed by atoms with E-state index in [4.69, 9.17) is 0 Å². The standard InChI is InChI=1S/C10H15NO/c1-5-9-6(2)11-7(3)10(9)8(4)12/h11H,5H2,1-4H3. The number of aryl methyl sites for hydroxylation is 2. The first-order valence-electron chi connectivity index (χ1n) is 4.26. The Morgan fingerprint density at radius 2 is 1.92 bits per heavy atom. The first-order valence-corrected chi connectivity index (χ1v) is 4.26. The van der Waals surface area contributed by atoms with Crippen LogP contribution in [0.4, 0.5) is 0 Å². The Balaban J connectivity index is 3.32. The third kappa shape index (κ3) is 1.29. The van der Waals surface area contributed by atoms with Gasteiger partial charge in [0, 0.05) is 17.0 Å². The van der Waals surface area contributed by atoms with E-state index in [0.717, 1.165) is 23.4 Å². The molecule has 2 heteroatoms. The van der Waals surface area contributed by atoms with Gasteiger partial charge in [0.25, 0.3) is 0 Å². The van der Waals surface area contributed by atoms with E-state index in [2.05, 4.69) is 11.9 Å². The van der Waals surface area contributed by atoms with Crippen LogP contribution in [0.25, 0.3) is 0 Å². The Kier molecular flexibility index (Phi) is 2.36. The van der Waals surface area contributed by atoms with Gasteiger partial charge >= 0.3 is 0 Å². The fourth-order valence-electron chi connectivity index (χ4n) is 1.75. The van der Waals surface area contributed by atoms with E-state index in [0.29, 0.717) is 0 Å². The summed E-state index contributed by atoms with van der Waals surface area (Å²) in [5.74, 6) is 0.161. The van der Waals surface area contributed by atoms with Gasteiger partial charge in [-0.3, -0.25) is 4.79 Å². The molecular weight excluding hydrogens is 150 g/mol. The molecule has 0 aliphatic heterocycles. The lowest BCUT2D eigenvalue weighted by Gasteiger charge is -1.98. The lowest BCUT2D eigenvalue weighted by atomic mass is 10.0. The predicted molar refractivity (Wildman–Crippen MR) is 49.6 cm³/mol. The molecule has 12 heavy (non-hydrogen) atoms. The number of nitrogens with one attached hydrogen (secondary N) is 1. The summed E-state index contributed by atoms with van der Waals surface area (Å²) in [5.41, 5.74) is 4.17. The van der Waals surface area contributed by atoms with E-state index in [9.17, 15) is 4.79 Å². The highest BCUT2D eigenvalue weighted by Crippen LogP contribution is 2.18. The Labute approximate surface area is 73.0 Å². The molecule has 0 fully saturated rings. The summed E-state index contributed by atoms with van der Waals surface area (Å²) in [6.45, 7) is 7.65. The summed E-state index contributed by atoms with van der Waals surface area (Å²) < 4.78 is 0. The second kappa shape index (κ2) is 3.13. The Morgan fingerprint density at radius 3 is 2.25 bits per heavy atom. The first-order chi connectivity index (χ1) is 5.57. The highest BCUT2D eigenvalue weighted by Gasteiger charge is 2.13. The number of H-pyrrole nitrogens is 1. The van der Waals surface area contributed by atoms with Crippen LogP contribution in [-0.4, -0.2) is 10.8 Å². The molecule has 0 bridgehead atoms. The minimum absolute atomic E-state index is 0.161. The largest absolute Gasteiger partial charge is 0.362 e. The van der Waals surface area contributed by atoms with Gasteiger partial charge in [-0.1, -0.05) is 6.92 Å². The molecule has 0 aliphatic carbocycles. The molecule has 0 atom stereocenters. The van der Waals surface area contributed by atoms with Crippen molar-refractivity contribution in [3.63, 3.8) is 0 Å². The number of hydrogen-bond donors (Lipinski definition) is 1. The Morgan fingerprint density at radius 1 is 1.33 bits per heavy atom. The molecule has 0 radical (unpaired) electrons. The highest BCUT2D eigenvalue weighted by molar-refractivity contribution is 5.97. The number of aromatic nitrogens is 1. The third-order valence-corrected chi connectivity index (χ3v) is 2.21. The summed E-state index contributed by atoms with van der Waals surface area (Å²) in [6.07, 6.45) is 0.922. The van der Waals surface area contributed by atoms with E-state index in [1.54, 1.807) is 6.92 Å². The van der Waals surface area contributed by atoms with E-state index >= 15 is 0 Å². The number of Topliss-reactive ketones (excluding diaryl/α,β-unsaturated/α-hetero) is 1. The van der Waals surface area contributed by atoms with Gasteiger partial charge in [-0.2, -0.15) is 0 Å². The fourth-order valence-corrected chi connectivity index (χ4v) is 1.75. The molecule has 1 rings (SSSR count). The second-order valence-electron chi connectivity index (χ2n) is 3.14. The zero-order valence-electron chi connectivity index (χ0n) is 8.12. The van der Waals surface area contributed by atoms with Crippen molar-refractivity contribution in [2.45, 2.75) is 34.1 Å². The molecule has 66 valence electrons. The number of carbonyl (C=O) groups excluding carboxylic acids is 1. The normalized spacial score (nSPS) is 10.3. The van der Waals surface area contributed by atoms with Crippen molar-refractivity contribution >= 4 is 5.78 Å². The fraction of sp³-hybridized carbons (Fsp3) is 0.500. The molecule has 1 aromatic heterocycles. The maximum absolute atomic E-state index is 11.2. The monoisotopic (exact) mass is 165 g/mol. The molecule has 0 saturated heterocycles. The summed E-state index contributed by atoms with van der Waals surface area (Å²) in [7, 11) is 0. The van der Waals surface area contributed by atoms with Crippen LogP contribution < -0.4 is 0 Å². The van der Waals surface area contributed by atoms with Crippen LogP contribution in [0.1, 0.15) is 41.2 Å². The Hall–Kier alpha value is -1.05. The minimum Gasteiger partial charge on any atom is -0.362 e. The smallest absolute Gasteiger partial charge is 0.161 e. The summed E-state index contributed by atoms with van der Waals surface area (Å²) >= 11 is 0. The number of aromatic amines is 1. The van der Waals surface area contributed by atoms with Crippen LogP contribution in [0, 0.1) is 13.8 Å². The van der Waals surface area contributed by atoms with E-state index in [-0.39, 0.29) is 5.78 Å². The van der Waals surface area contributed by atoms with Crippen molar-refractivity contribution in [3.05, 3.63) is 22.5 Å². The molecule has 1 aromatic rings. The molecule has 0 saturated carbocycles. The highest BCUT2D eigenvalue weighted by atomic mass is 16.1. The van der Waals surface area contributed by atoms with E-state index in [1.807, 2.05) is 13.8 Å². The van der Waals surface area contributed by atoms with Crippen LogP contribution >= 0.6 is 0 Å². The van der Waals surface area contributed by atoms with Crippen LogP contribution in [0.3, 0.4) is 0 Å². The molecule has 0 spiro atoms. The van der Waals surface area contributed by atoms with E-state index in [1.165, 1.54) is 5.56 Å². The zero-order valence-corrected chi connectivity index (χ0v) is 8.12. The quantitative estimate of drug-likeness (QED) is 0.670. The van der Waals surface area contributed by atoms with Crippen molar-refractivity contribution in [2.24, 2.45) is 0 Å². The molecule has 0 unspecified atom stereocenters. The number of rotatable bonds is 2. The summed E-state index contributed by atoms with van der Waals surface area (Å²) in [5, 5.41) is 0. The maximum Gasteiger partial charge on any atom is 0.161 e. The van der Waals surface area contributed by atoms with Gasteiger partial charge < -0.3 is 4.98 Å². The third-order valence-electron chi connectivity index (χ3n) is 2.21. The van der Waals surface area contributed by atoms with Crippen LogP contribution in [-0.2, 0) is 6.42 Å². The lowest BCUT2D eigenvalue weighted by molar-refractivity contribution is 0.101. The molecule has 2 nitrogen and oxygen atoms in total. The first kappa shape index (κ1) is 9.04. The van der Waals surface area contributed by atoms with Gasteiger partial charge in [0.1, 0.15) is 0 Å². The van der Waals surface area contributed by atoms with E-state index < -0.39 is 0 Å². The van der Waals surface area contributed by atoms with Gasteiger partial charge in [-0.05, 0) is 32.8 Å². The topological polar surface area (TPSA) is 32.9 Å². The zero-order chi connectivity index (χ0) is 9.30. The molecule has 0 aliphatic rings. The van der Waals surface area contributed by atoms with Gasteiger partial charge in [0.05, 0.1) is 0 Å². The minimum atomic E-state index is 0.161.